The van der Waals surface area contributed by atoms with Gasteiger partial charge in [0.15, 0.2) is 5.76 Å². The lowest BCUT2D eigenvalue weighted by atomic mass is 9.87. The van der Waals surface area contributed by atoms with Crippen molar-refractivity contribution in [2.75, 3.05) is 14.2 Å². The van der Waals surface area contributed by atoms with E-state index in [1.807, 2.05) is 12.1 Å². The van der Waals surface area contributed by atoms with Crippen molar-refractivity contribution in [3.63, 3.8) is 0 Å². The molecule has 5 nitrogen and oxygen atoms in total. The summed E-state index contributed by atoms with van der Waals surface area (Å²) in [6.07, 6.45) is 8.27. The summed E-state index contributed by atoms with van der Waals surface area (Å²) in [4.78, 5) is 6.74. The fourth-order valence-electron chi connectivity index (χ4n) is 4.12. The summed E-state index contributed by atoms with van der Waals surface area (Å²) in [6, 6.07) is 10.3. The molecule has 0 N–H and O–H groups in total. The van der Waals surface area contributed by atoms with Gasteiger partial charge in [-0.1, -0.05) is 36.6 Å². The van der Waals surface area contributed by atoms with Crippen LogP contribution in [-0.4, -0.2) is 29.2 Å². The highest BCUT2D eigenvalue weighted by Gasteiger charge is 2.20. The van der Waals surface area contributed by atoms with Crippen LogP contribution in [0.15, 0.2) is 41.1 Å². The lowest BCUT2D eigenvalue weighted by molar-refractivity contribution is 0.265. The van der Waals surface area contributed by atoms with Crippen LogP contribution in [0.5, 0.6) is 5.75 Å². The van der Waals surface area contributed by atoms with E-state index in [2.05, 4.69) is 40.3 Å². The second kappa shape index (κ2) is 8.09. The highest BCUT2D eigenvalue weighted by molar-refractivity contribution is 5.87. The minimum Gasteiger partial charge on any atom is -0.494 e. The summed E-state index contributed by atoms with van der Waals surface area (Å²) in [7, 11) is 3.79. The molecule has 27 heavy (non-hydrogen) atoms. The van der Waals surface area contributed by atoms with Crippen molar-refractivity contribution in [1.29, 1.82) is 0 Å². The van der Waals surface area contributed by atoms with Gasteiger partial charge < -0.3 is 9.26 Å². The molecule has 0 radical (unpaired) electrons. The van der Waals surface area contributed by atoms with Crippen LogP contribution in [0.4, 0.5) is 0 Å². The van der Waals surface area contributed by atoms with Crippen molar-refractivity contribution in [2.24, 2.45) is 0 Å². The molecule has 3 aromatic rings. The lowest BCUT2D eigenvalue weighted by Gasteiger charge is -2.18. The Kier molecular flexibility index (Phi) is 5.39. The Morgan fingerprint density at radius 3 is 2.81 bits per heavy atom. The van der Waals surface area contributed by atoms with Gasteiger partial charge in [0.2, 0.25) is 0 Å². The predicted molar refractivity (Wildman–Crippen MR) is 106 cm³/mol. The first-order valence-electron chi connectivity index (χ1n) is 9.79. The fraction of sp³-hybridized carbons (Fsp3) is 0.455. The van der Waals surface area contributed by atoms with Crippen LogP contribution in [0, 0.1) is 0 Å². The van der Waals surface area contributed by atoms with Crippen molar-refractivity contribution in [3.05, 3.63) is 53.5 Å². The Balaban J connectivity index is 1.46. The number of hydrogen-bond donors (Lipinski definition) is 0. The smallest absolute Gasteiger partial charge is 0.150 e. The van der Waals surface area contributed by atoms with Crippen LogP contribution in [0.25, 0.3) is 10.9 Å². The molecule has 5 heteroatoms. The Hall–Kier alpha value is -2.40. The van der Waals surface area contributed by atoms with E-state index in [1.54, 1.807) is 13.3 Å². The molecule has 1 aliphatic carbocycles. The molecule has 0 saturated heterocycles. The number of aromatic nitrogens is 2. The van der Waals surface area contributed by atoms with Crippen molar-refractivity contribution < 1.29 is 9.26 Å². The Morgan fingerprint density at radius 2 is 2.00 bits per heavy atom. The van der Waals surface area contributed by atoms with E-state index in [0.717, 1.165) is 41.2 Å². The zero-order chi connectivity index (χ0) is 18.6. The maximum atomic E-state index is 5.63. The van der Waals surface area contributed by atoms with E-state index in [0.29, 0.717) is 5.92 Å². The number of hydrogen-bond acceptors (Lipinski definition) is 5. The number of nitrogens with zero attached hydrogens (tertiary/aromatic N) is 3. The third kappa shape index (κ3) is 3.98. The van der Waals surface area contributed by atoms with E-state index in [-0.39, 0.29) is 0 Å². The molecule has 142 valence electrons. The van der Waals surface area contributed by atoms with Gasteiger partial charge in [0.05, 0.1) is 19.3 Å². The van der Waals surface area contributed by atoms with Crippen LogP contribution >= 0.6 is 0 Å². The van der Waals surface area contributed by atoms with Gasteiger partial charge >= 0.3 is 0 Å². The predicted octanol–water partition coefficient (Wildman–Crippen LogP) is 4.91. The van der Waals surface area contributed by atoms with Gasteiger partial charge in [-0.15, -0.1) is 0 Å². The second-order valence-corrected chi connectivity index (χ2v) is 7.55. The average molecular weight is 365 g/mol. The van der Waals surface area contributed by atoms with E-state index in [9.17, 15) is 0 Å². The molecular weight excluding hydrogens is 338 g/mol. The van der Waals surface area contributed by atoms with Crippen LogP contribution < -0.4 is 4.74 Å². The molecule has 0 amide bonds. The molecule has 0 unspecified atom stereocenters. The first-order valence-corrected chi connectivity index (χ1v) is 9.79. The quantitative estimate of drug-likeness (QED) is 0.621. The van der Waals surface area contributed by atoms with Gasteiger partial charge in [0.1, 0.15) is 11.3 Å². The van der Waals surface area contributed by atoms with Crippen LogP contribution in [0.1, 0.15) is 55.0 Å². The first kappa shape index (κ1) is 18.0. The summed E-state index contributed by atoms with van der Waals surface area (Å²) < 4.78 is 11.1. The van der Waals surface area contributed by atoms with Gasteiger partial charge in [-0.25, -0.2) is 0 Å². The van der Waals surface area contributed by atoms with Crippen molar-refractivity contribution in [1.82, 2.24) is 15.0 Å². The molecule has 2 aromatic heterocycles. The van der Waals surface area contributed by atoms with Gasteiger partial charge in [0.25, 0.3) is 0 Å². The van der Waals surface area contributed by atoms with Crippen molar-refractivity contribution in [2.45, 2.75) is 51.1 Å². The van der Waals surface area contributed by atoms with Crippen LogP contribution in [-0.2, 0) is 13.1 Å². The largest absolute Gasteiger partial charge is 0.494 e. The van der Waals surface area contributed by atoms with Gasteiger partial charge in [-0.05, 0) is 37.6 Å². The molecule has 1 aromatic carbocycles. The van der Waals surface area contributed by atoms with E-state index in [4.69, 9.17) is 9.26 Å². The minimum absolute atomic E-state index is 0.582. The summed E-state index contributed by atoms with van der Waals surface area (Å²) >= 11 is 0. The average Bonchev–Trinajstić information content (AvgIpc) is 3.17. The number of benzene rings is 1. The fourth-order valence-corrected chi connectivity index (χ4v) is 4.12. The molecule has 2 heterocycles. The molecule has 1 aliphatic rings. The van der Waals surface area contributed by atoms with Crippen molar-refractivity contribution in [3.8, 4) is 5.75 Å². The zero-order valence-corrected chi connectivity index (χ0v) is 16.1. The highest BCUT2D eigenvalue weighted by atomic mass is 16.5. The highest BCUT2D eigenvalue weighted by Crippen LogP contribution is 2.32. The van der Waals surface area contributed by atoms with Gasteiger partial charge in [-0.3, -0.25) is 9.88 Å². The van der Waals surface area contributed by atoms with Gasteiger partial charge in [-0.2, -0.15) is 0 Å². The van der Waals surface area contributed by atoms with E-state index in [1.165, 1.54) is 37.7 Å². The Labute approximate surface area is 160 Å². The standard InChI is InChI=1S/C22H27N3O2/c1-25(15-18-13-20(24-27-18)16-7-4-3-5-8-16)14-17-10-11-21(26-2)22-19(17)9-6-12-23-22/h6,9-13,16H,3-5,7-8,14-15H2,1-2H3. The lowest BCUT2D eigenvalue weighted by Crippen LogP contribution is -2.17. The normalized spacial score (nSPS) is 15.5. The third-order valence-electron chi connectivity index (χ3n) is 5.51. The van der Waals surface area contributed by atoms with Crippen LogP contribution in [0.2, 0.25) is 0 Å². The van der Waals surface area contributed by atoms with Gasteiger partial charge in [0, 0.05) is 30.1 Å². The number of methoxy groups -OCH3 is 1. The molecule has 0 atom stereocenters. The summed E-state index contributed by atoms with van der Waals surface area (Å²) in [5.74, 6) is 2.33. The second-order valence-electron chi connectivity index (χ2n) is 7.55. The summed E-state index contributed by atoms with van der Waals surface area (Å²) in [5.41, 5.74) is 3.27. The summed E-state index contributed by atoms with van der Waals surface area (Å²) in [6.45, 7) is 1.55. The van der Waals surface area contributed by atoms with E-state index < -0.39 is 0 Å². The Morgan fingerprint density at radius 1 is 1.15 bits per heavy atom. The molecule has 0 aliphatic heterocycles. The molecule has 1 fully saturated rings. The zero-order valence-electron chi connectivity index (χ0n) is 16.1. The maximum absolute atomic E-state index is 5.63. The topological polar surface area (TPSA) is 51.4 Å². The molecule has 4 rings (SSSR count). The van der Waals surface area contributed by atoms with Crippen LogP contribution in [0.3, 0.4) is 0 Å². The molecule has 0 bridgehead atoms. The molecule has 1 saturated carbocycles. The SMILES string of the molecule is COc1ccc(CN(C)Cc2cc(C3CCCCC3)no2)c2cccnc12. The Bertz CT molecular complexity index is 899. The third-order valence-corrected chi connectivity index (χ3v) is 5.51. The van der Waals surface area contributed by atoms with Crippen molar-refractivity contribution >= 4 is 10.9 Å². The summed E-state index contributed by atoms with van der Waals surface area (Å²) in [5, 5.41) is 5.47. The molecular formula is C22H27N3O2. The molecule has 0 spiro atoms. The number of rotatable bonds is 6. The minimum atomic E-state index is 0.582. The van der Waals surface area contributed by atoms with E-state index >= 15 is 0 Å². The monoisotopic (exact) mass is 365 g/mol. The number of fused-ring (bicyclic) bond motifs is 1. The maximum Gasteiger partial charge on any atom is 0.150 e. The number of ether oxygens (including phenoxy) is 1. The number of pyridine rings is 1. The first-order chi connectivity index (χ1) is 13.2.